The topological polar surface area (TPSA) is 88.3 Å². The first-order chi connectivity index (χ1) is 12.6. The minimum atomic E-state index is -1.11. The first-order valence-electron chi connectivity index (χ1n) is 8.15. The van der Waals surface area contributed by atoms with Crippen molar-refractivity contribution in [2.24, 2.45) is 0 Å². The largest absolute Gasteiger partial charge is 0.337 e. The lowest BCUT2D eigenvalue weighted by atomic mass is 9.92. The summed E-state index contributed by atoms with van der Waals surface area (Å²) in [4.78, 5) is 30.6. The molecule has 0 unspecified atom stereocenters. The van der Waals surface area contributed by atoms with Crippen LogP contribution in [0.15, 0.2) is 65.2 Å². The third-order valence-electron chi connectivity index (χ3n) is 4.42. The number of benzene rings is 2. The molecule has 0 spiro atoms. The van der Waals surface area contributed by atoms with Crippen LogP contribution < -0.4 is 5.32 Å². The highest BCUT2D eigenvalue weighted by Crippen LogP contribution is 2.29. The van der Waals surface area contributed by atoms with Crippen molar-refractivity contribution in [3.8, 4) is 11.4 Å². The van der Waals surface area contributed by atoms with Gasteiger partial charge >= 0.3 is 6.03 Å². The van der Waals surface area contributed by atoms with Gasteiger partial charge in [-0.25, -0.2) is 4.79 Å². The summed E-state index contributed by atoms with van der Waals surface area (Å²) in [5.74, 6) is 0.260. The average Bonchev–Trinajstić information content (AvgIpc) is 3.23. The molecule has 1 aliphatic rings. The highest BCUT2D eigenvalue weighted by Gasteiger charge is 2.49. The van der Waals surface area contributed by atoms with Crippen molar-refractivity contribution >= 4 is 11.9 Å². The van der Waals surface area contributed by atoms with Crippen LogP contribution >= 0.6 is 0 Å². The molecule has 1 fully saturated rings. The highest BCUT2D eigenvalue weighted by atomic mass is 16.5. The van der Waals surface area contributed by atoms with E-state index < -0.39 is 11.6 Å². The number of aromatic nitrogens is 2. The van der Waals surface area contributed by atoms with Crippen LogP contribution in [0, 0.1) is 0 Å². The molecule has 0 saturated carbocycles. The number of carbonyl (C=O) groups is 2. The molecule has 0 bridgehead atoms. The Morgan fingerprint density at radius 3 is 2.38 bits per heavy atom. The summed E-state index contributed by atoms with van der Waals surface area (Å²) in [5, 5.41) is 6.67. The zero-order chi connectivity index (χ0) is 18.1. The molecule has 3 amide bonds. The fourth-order valence-corrected chi connectivity index (χ4v) is 2.97. The minimum absolute atomic E-state index is 0.0765. The number of carbonyl (C=O) groups excluding carboxylic acids is 2. The molecule has 1 saturated heterocycles. The van der Waals surface area contributed by atoms with Crippen molar-refractivity contribution in [2.75, 3.05) is 0 Å². The molecule has 4 rings (SSSR count). The molecule has 2 aromatic carbocycles. The quantitative estimate of drug-likeness (QED) is 0.732. The number of nitrogens with one attached hydrogen (secondary N) is 1. The van der Waals surface area contributed by atoms with E-state index in [1.165, 1.54) is 0 Å². The van der Waals surface area contributed by atoms with Gasteiger partial charge in [0, 0.05) is 5.56 Å². The van der Waals surface area contributed by atoms with Gasteiger partial charge in [-0.1, -0.05) is 65.8 Å². The summed E-state index contributed by atoms with van der Waals surface area (Å²) < 4.78 is 5.22. The summed E-state index contributed by atoms with van der Waals surface area (Å²) in [7, 11) is 0. The lowest BCUT2D eigenvalue weighted by Crippen LogP contribution is -2.40. The summed E-state index contributed by atoms with van der Waals surface area (Å²) in [5.41, 5.74) is 0.408. The Morgan fingerprint density at radius 1 is 1.04 bits per heavy atom. The lowest BCUT2D eigenvalue weighted by molar-refractivity contribution is -0.131. The number of nitrogens with zero attached hydrogens (tertiary/aromatic N) is 3. The first kappa shape index (κ1) is 16.0. The number of rotatable bonds is 4. The molecule has 1 aliphatic heterocycles. The fourth-order valence-electron chi connectivity index (χ4n) is 2.97. The molecule has 3 aromatic rings. The van der Waals surface area contributed by atoms with E-state index in [4.69, 9.17) is 4.52 Å². The number of imide groups is 1. The van der Waals surface area contributed by atoms with Crippen molar-refractivity contribution in [2.45, 2.75) is 19.0 Å². The van der Waals surface area contributed by atoms with Gasteiger partial charge in [-0.2, -0.15) is 4.98 Å². The second kappa shape index (κ2) is 6.11. The maximum atomic E-state index is 12.9. The Hall–Kier alpha value is -3.48. The van der Waals surface area contributed by atoms with Gasteiger partial charge in [-0.3, -0.25) is 9.69 Å². The summed E-state index contributed by atoms with van der Waals surface area (Å²) in [6.45, 7) is 1.61. The van der Waals surface area contributed by atoms with E-state index in [2.05, 4.69) is 15.5 Å². The predicted octanol–water partition coefficient (Wildman–Crippen LogP) is 2.70. The van der Waals surface area contributed by atoms with E-state index in [0.29, 0.717) is 5.82 Å². The van der Waals surface area contributed by atoms with E-state index in [-0.39, 0.29) is 18.3 Å². The first-order valence-corrected chi connectivity index (χ1v) is 8.15. The van der Waals surface area contributed by atoms with Gasteiger partial charge in [0.15, 0.2) is 0 Å². The number of amides is 3. The number of hydrogen-bond acceptors (Lipinski definition) is 5. The molecule has 0 radical (unpaired) electrons. The Labute approximate surface area is 149 Å². The molecule has 7 heteroatoms. The maximum absolute atomic E-state index is 12.9. The van der Waals surface area contributed by atoms with Crippen LogP contribution in [-0.2, 0) is 16.9 Å². The molecule has 26 heavy (non-hydrogen) atoms. The van der Waals surface area contributed by atoms with Gasteiger partial charge in [0.05, 0.1) is 0 Å². The van der Waals surface area contributed by atoms with Crippen molar-refractivity contribution in [3.63, 3.8) is 0 Å². The normalized spacial score (nSPS) is 19.7. The lowest BCUT2D eigenvalue weighted by Gasteiger charge is -2.21. The van der Waals surface area contributed by atoms with Crippen molar-refractivity contribution in [1.29, 1.82) is 0 Å². The van der Waals surface area contributed by atoms with Crippen molar-refractivity contribution in [3.05, 3.63) is 72.1 Å². The Balaban J connectivity index is 1.57. The van der Waals surface area contributed by atoms with Crippen molar-refractivity contribution < 1.29 is 14.1 Å². The molecule has 2 heterocycles. The van der Waals surface area contributed by atoms with E-state index in [1.54, 1.807) is 6.92 Å². The van der Waals surface area contributed by atoms with Crippen LogP contribution in [0.3, 0.4) is 0 Å². The van der Waals surface area contributed by atoms with Gasteiger partial charge in [0.25, 0.3) is 5.91 Å². The van der Waals surface area contributed by atoms with E-state index >= 15 is 0 Å². The molecular formula is C19H16N4O3. The van der Waals surface area contributed by atoms with Crippen LogP contribution in [0.1, 0.15) is 18.4 Å². The van der Waals surface area contributed by atoms with Gasteiger partial charge in [0.1, 0.15) is 12.1 Å². The molecule has 130 valence electrons. The zero-order valence-corrected chi connectivity index (χ0v) is 14.0. The maximum Gasteiger partial charge on any atom is 0.325 e. The average molecular weight is 348 g/mol. The Morgan fingerprint density at radius 2 is 1.69 bits per heavy atom. The van der Waals surface area contributed by atoms with E-state index in [1.807, 2.05) is 60.7 Å². The number of urea groups is 1. The molecular weight excluding hydrogens is 332 g/mol. The molecule has 1 aromatic heterocycles. The summed E-state index contributed by atoms with van der Waals surface area (Å²) in [6.07, 6.45) is 0. The van der Waals surface area contributed by atoms with Crippen LogP contribution in [0.5, 0.6) is 0 Å². The van der Waals surface area contributed by atoms with E-state index in [0.717, 1.165) is 16.0 Å². The Bertz CT molecular complexity index is 955. The van der Waals surface area contributed by atoms with Crippen LogP contribution in [0.25, 0.3) is 11.4 Å². The fraction of sp³-hybridized carbons (Fsp3) is 0.158. The second-order valence-corrected chi connectivity index (χ2v) is 6.19. The number of hydrogen-bond donors (Lipinski definition) is 1. The van der Waals surface area contributed by atoms with Crippen LogP contribution in [0.4, 0.5) is 4.79 Å². The Kier molecular flexibility index (Phi) is 3.76. The summed E-state index contributed by atoms with van der Waals surface area (Å²) in [6, 6.07) is 18.0. The van der Waals surface area contributed by atoms with Crippen LogP contribution in [-0.4, -0.2) is 27.0 Å². The third kappa shape index (κ3) is 2.63. The predicted molar refractivity (Wildman–Crippen MR) is 92.6 cm³/mol. The third-order valence-corrected chi connectivity index (χ3v) is 4.42. The second-order valence-electron chi connectivity index (χ2n) is 6.19. The SMILES string of the molecule is C[C@@]1(c2ccccc2)NC(=O)N(Cc2nc(-c3ccccc3)no2)C1=O. The van der Waals surface area contributed by atoms with Gasteiger partial charge in [-0.05, 0) is 12.5 Å². The van der Waals surface area contributed by atoms with Gasteiger partial charge < -0.3 is 9.84 Å². The van der Waals surface area contributed by atoms with Crippen molar-refractivity contribution in [1.82, 2.24) is 20.4 Å². The highest BCUT2D eigenvalue weighted by molar-refractivity contribution is 6.07. The minimum Gasteiger partial charge on any atom is -0.337 e. The summed E-state index contributed by atoms with van der Waals surface area (Å²) >= 11 is 0. The molecule has 1 atom stereocenters. The molecule has 1 N–H and O–H groups in total. The van der Waals surface area contributed by atoms with Gasteiger partial charge in [-0.15, -0.1) is 0 Å². The van der Waals surface area contributed by atoms with Gasteiger partial charge in [0.2, 0.25) is 11.7 Å². The van der Waals surface area contributed by atoms with Crippen LogP contribution in [0.2, 0.25) is 0 Å². The zero-order valence-electron chi connectivity index (χ0n) is 14.0. The molecule has 7 nitrogen and oxygen atoms in total. The van der Waals surface area contributed by atoms with E-state index in [9.17, 15) is 9.59 Å². The smallest absolute Gasteiger partial charge is 0.325 e. The standard InChI is InChI=1S/C19H16N4O3/c1-19(14-10-6-3-7-11-14)17(24)23(18(25)21-19)12-15-20-16(22-26-15)13-8-4-2-5-9-13/h2-11H,12H2,1H3,(H,21,25)/t19-/m0/s1. The molecule has 0 aliphatic carbocycles. The monoisotopic (exact) mass is 348 g/mol.